The summed E-state index contributed by atoms with van der Waals surface area (Å²) < 4.78 is 38.8. The fourth-order valence-corrected chi connectivity index (χ4v) is 4.89. The molecule has 5 aromatic rings. The molecular formula is C32H29F3N6O5. The maximum absolute atomic E-state index is 13.7. The van der Waals surface area contributed by atoms with Crippen LogP contribution in [-0.2, 0) is 32.8 Å². The second kappa shape index (κ2) is 13.6. The number of hydrogen-bond donors (Lipinski definition) is 4. The molecule has 14 heteroatoms. The zero-order valence-electron chi connectivity index (χ0n) is 24.3. The Hall–Kier alpha value is -5.50. The number of halogens is 3. The second-order valence-electron chi connectivity index (χ2n) is 10.6. The molecule has 238 valence electrons. The number of nitrogens with one attached hydrogen (secondary N) is 3. The first-order chi connectivity index (χ1) is 22.1. The van der Waals surface area contributed by atoms with Gasteiger partial charge in [-0.25, -0.2) is 9.78 Å². The van der Waals surface area contributed by atoms with Gasteiger partial charge < -0.3 is 25.5 Å². The predicted molar refractivity (Wildman–Crippen MR) is 163 cm³/mol. The van der Waals surface area contributed by atoms with Gasteiger partial charge in [0.1, 0.15) is 6.54 Å². The third kappa shape index (κ3) is 7.41. The number of hydrogen-bond acceptors (Lipinski definition) is 7. The van der Waals surface area contributed by atoms with Gasteiger partial charge in [0, 0.05) is 35.5 Å². The zero-order valence-corrected chi connectivity index (χ0v) is 24.3. The van der Waals surface area contributed by atoms with E-state index in [2.05, 4.69) is 37.7 Å². The molecule has 1 saturated heterocycles. The molecule has 0 unspecified atom stereocenters. The highest BCUT2D eigenvalue weighted by atomic mass is 19.4. The summed E-state index contributed by atoms with van der Waals surface area (Å²) in [4.78, 5) is 47.5. The van der Waals surface area contributed by atoms with Gasteiger partial charge in [-0.1, -0.05) is 60.7 Å². The number of aromatic nitrogens is 4. The average molecular weight is 635 g/mol. The number of H-pyrrole nitrogens is 1. The second-order valence-corrected chi connectivity index (χ2v) is 10.6. The first kappa shape index (κ1) is 31.9. The normalized spacial score (nSPS) is 13.6. The number of carbonyl (C=O) groups is 2. The number of anilines is 1. The largest absolute Gasteiger partial charge is 0.490 e. The Morgan fingerprint density at radius 1 is 1.02 bits per heavy atom. The number of aliphatic carboxylic acids is 1. The fraction of sp³-hybridized carbons (Fsp3) is 0.219. The van der Waals surface area contributed by atoms with Gasteiger partial charge >= 0.3 is 12.1 Å². The van der Waals surface area contributed by atoms with E-state index in [9.17, 15) is 22.8 Å². The molecule has 11 nitrogen and oxygen atoms in total. The molecule has 0 radical (unpaired) electrons. The third-order valence-electron chi connectivity index (χ3n) is 7.36. The molecule has 0 atom stereocenters. The van der Waals surface area contributed by atoms with Crippen molar-refractivity contribution in [2.24, 2.45) is 0 Å². The summed E-state index contributed by atoms with van der Waals surface area (Å²) in [6.07, 6.45) is 0.0446. The Morgan fingerprint density at radius 2 is 1.70 bits per heavy atom. The van der Waals surface area contributed by atoms with Crippen molar-refractivity contribution >= 4 is 28.6 Å². The maximum Gasteiger partial charge on any atom is 0.490 e. The molecule has 0 bridgehead atoms. The van der Waals surface area contributed by atoms with Crippen LogP contribution >= 0.6 is 0 Å². The lowest BCUT2D eigenvalue weighted by Crippen LogP contribution is -2.52. The number of amides is 1. The molecule has 1 fully saturated rings. The monoisotopic (exact) mass is 634 g/mol. The maximum atomic E-state index is 13.7. The van der Waals surface area contributed by atoms with Crippen LogP contribution in [0.2, 0.25) is 0 Å². The highest BCUT2D eigenvalue weighted by Gasteiger charge is 2.40. The summed E-state index contributed by atoms with van der Waals surface area (Å²) in [7, 11) is 0. The number of aromatic amines is 1. The number of rotatable bonds is 9. The number of carboxylic acids is 1. The number of benzene rings is 2. The summed E-state index contributed by atoms with van der Waals surface area (Å²) >= 11 is 0. The van der Waals surface area contributed by atoms with E-state index >= 15 is 0 Å². The van der Waals surface area contributed by atoms with E-state index in [1.165, 1.54) is 4.57 Å². The van der Waals surface area contributed by atoms with E-state index in [0.29, 0.717) is 32.0 Å². The number of pyridine rings is 1. The lowest BCUT2D eigenvalue weighted by molar-refractivity contribution is -0.192. The standard InChI is InChI=1S/C30H28N6O3.C2HF3O2/c37-27(32-15-24-13-22-14-31-12-11-25(22)35-24)17-36-26(21-7-3-1-4-8-21)16-33-28(29(36)38)34-18-30(19-39-20-30)23-9-5-2-6-10-23;3-2(4,5)1(6)7/h1-14,16,35H,15,17-20H2,(H,32,37)(H,33,34);(H,6,7). The smallest absolute Gasteiger partial charge is 0.475 e. The van der Waals surface area contributed by atoms with Crippen LogP contribution < -0.4 is 16.2 Å². The Labute approximate surface area is 260 Å². The van der Waals surface area contributed by atoms with E-state index in [-0.39, 0.29) is 29.2 Å². The van der Waals surface area contributed by atoms with Gasteiger partial charge in [0.15, 0.2) is 5.82 Å². The van der Waals surface area contributed by atoms with Crippen LogP contribution in [0.25, 0.3) is 22.2 Å². The quantitative estimate of drug-likeness (QED) is 0.189. The Bertz CT molecular complexity index is 1840. The highest BCUT2D eigenvalue weighted by molar-refractivity contribution is 5.80. The molecule has 3 aromatic heterocycles. The predicted octanol–water partition coefficient (Wildman–Crippen LogP) is 4.12. The Morgan fingerprint density at radius 3 is 2.30 bits per heavy atom. The first-order valence-electron chi connectivity index (χ1n) is 14.1. The van der Waals surface area contributed by atoms with E-state index in [1.807, 2.05) is 60.7 Å². The van der Waals surface area contributed by atoms with Gasteiger partial charge in [-0.15, -0.1) is 0 Å². The van der Waals surface area contributed by atoms with Crippen LogP contribution in [0.1, 0.15) is 11.3 Å². The molecule has 0 spiro atoms. The van der Waals surface area contributed by atoms with E-state index in [0.717, 1.165) is 27.7 Å². The summed E-state index contributed by atoms with van der Waals surface area (Å²) in [5, 5.41) is 14.3. The minimum Gasteiger partial charge on any atom is -0.475 e. The van der Waals surface area contributed by atoms with Crippen molar-refractivity contribution in [3.63, 3.8) is 0 Å². The molecule has 4 N–H and O–H groups in total. The summed E-state index contributed by atoms with van der Waals surface area (Å²) in [5.41, 5.74) is 3.74. The molecule has 46 heavy (non-hydrogen) atoms. The van der Waals surface area contributed by atoms with Crippen molar-refractivity contribution < 1.29 is 32.6 Å². The van der Waals surface area contributed by atoms with E-state index < -0.39 is 12.1 Å². The van der Waals surface area contributed by atoms with Gasteiger partial charge in [-0.05, 0) is 23.3 Å². The highest BCUT2D eigenvalue weighted by Crippen LogP contribution is 2.32. The van der Waals surface area contributed by atoms with Gasteiger partial charge in [0.2, 0.25) is 5.91 Å². The van der Waals surface area contributed by atoms with Crippen molar-refractivity contribution in [2.75, 3.05) is 25.1 Å². The molecule has 4 heterocycles. The molecule has 0 aliphatic carbocycles. The SMILES string of the molecule is O=C(Cn1c(-c2ccccc2)cnc(NCC2(c3ccccc3)COC2)c1=O)NCc1cc2cnccc2[nH]1.O=C(O)C(F)(F)F. The van der Waals surface area contributed by atoms with E-state index in [1.54, 1.807) is 18.6 Å². The minimum atomic E-state index is -5.08. The van der Waals surface area contributed by atoms with Gasteiger partial charge in [0.05, 0.1) is 37.1 Å². The lowest BCUT2D eigenvalue weighted by atomic mass is 9.78. The van der Waals surface area contributed by atoms with Crippen molar-refractivity contribution in [1.82, 2.24) is 24.8 Å². The van der Waals surface area contributed by atoms with Crippen molar-refractivity contribution in [3.05, 3.63) is 113 Å². The van der Waals surface area contributed by atoms with Crippen LogP contribution in [0.3, 0.4) is 0 Å². The molecule has 0 saturated carbocycles. The molecular weight excluding hydrogens is 605 g/mol. The number of nitrogens with zero attached hydrogens (tertiary/aromatic N) is 3. The van der Waals surface area contributed by atoms with Gasteiger partial charge in [0.25, 0.3) is 5.56 Å². The van der Waals surface area contributed by atoms with Gasteiger partial charge in [-0.3, -0.25) is 19.1 Å². The number of alkyl halides is 3. The van der Waals surface area contributed by atoms with Crippen LogP contribution in [0, 0.1) is 0 Å². The number of carboxylic acid groups (broad SMARTS) is 1. The Balaban J connectivity index is 0.000000537. The minimum absolute atomic E-state index is 0.144. The van der Waals surface area contributed by atoms with Crippen LogP contribution in [0.5, 0.6) is 0 Å². The number of ether oxygens (including phenoxy) is 1. The summed E-state index contributed by atoms with van der Waals surface area (Å²) in [5.74, 6) is -2.84. The number of carbonyl (C=O) groups excluding carboxylic acids is 1. The van der Waals surface area contributed by atoms with E-state index in [4.69, 9.17) is 14.6 Å². The van der Waals surface area contributed by atoms with Gasteiger partial charge in [-0.2, -0.15) is 13.2 Å². The topological polar surface area (TPSA) is 151 Å². The lowest BCUT2D eigenvalue weighted by Gasteiger charge is -2.42. The number of fused-ring (bicyclic) bond motifs is 1. The molecule has 2 aromatic carbocycles. The first-order valence-corrected chi connectivity index (χ1v) is 14.1. The molecule has 1 aliphatic rings. The van der Waals surface area contributed by atoms with Crippen molar-refractivity contribution in [3.8, 4) is 11.3 Å². The van der Waals surface area contributed by atoms with Crippen molar-refractivity contribution in [1.29, 1.82) is 0 Å². The average Bonchev–Trinajstić information content (AvgIpc) is 3.45. The Kier molecular flexibility index (Phi) is 9.47. The molecule has 1 amide bonds. The third-order valence-corrected chi connectivity index (χ3v) is 7.36. The van der Waals surface area contributed by atoms with Crippen LogP contribution in [0.4, 0.5) is 19.0 Å². The zero-order chi connectivity index (χ0) is 32.7. The summed E-state index contributed by atoms with van der Waals surface area (Å²) in [6, 6.07) is 23.4. The summed E-state index contributed by atoms with van der Waals surface area (Å²) in [6.45, 7) is 1.78. The fourth-order valence-electron chi connectivity index (χ4n) is 4.89. The van der Waals surface area contributed by atoms with Crippen LogP contribution in [0.15, 0.2) is 96.2 Å². The molecule has 1 aliphatic heterocycles. The van der Waals surface area contributed by atoms with Crippen molar-refractivity contribution in [2.45, 2.75) is 24.7 Å². The van der Waals surface area contributed by atoms with Crippen LogP contribution in [-0.4, -0.2) is 62.4 Å². The molecule has 6 rings (SSSR count).